The summed E-state index contributed by atoms with van der Waals surface area (Å²) in [5, 5.41) is 6.45. The molecule has 0 spiro atoms. The van der Waals surface area contributed by atoms with E-state index in [9.17, 15) is 0 Å². The van der Waals surface area contributed by atoms with Crippen LogP contribution in [0.2, 0.25) is 0 Å². The van der Waals surface area contributed by atoms with Gasteiger partial charge in [0.15, 0.2) is 0 Å². The zero-order valence-corrected chi connectivity index (χ0v) is 12.1. The summed E-state index contributed by atoms with van der Waals surface area (Å²) in [5.41, 5.74) is 4.62. The van der Waals surface area contributed by atoms with E-state index in [0.717, 1.165) is 28.5 Å². The van der Waals surface area contributed by atoms with Crippen molar-refractivity contribution in [2.75, 3.05) is 10.7 Å². The Morgan fingerprint density at radius 1 is 1.37 bits per heavy atom. The van der Waals surface area contributed by atoms with Gasteiger partial charge in [-0.2, -0.15) is 0 Å². The first-order chi connectivity index (χ1) is 9.15. The van der Waals surface area contributed by atoms with Crippen LogP contribution in [-0.4, -0.2) is 15.0 Å². The lowest BCUT2D eigenvalue weighted by atomic mass is 10.2. The van der Waals surface area contributed by atoms with Gasteiger partial charge >= 0.3 is 0 Å². The molecule has 2 rings (SSSR count). The summed E-state index contributed by atoms with van der Waals surface area (Å²) >= 11 is 1.64. The monoisotopic (exact) mass is 278 g/mol. The van der Waals surface area contributed by atoms with Gasteiger partial charge in [0.05, 0.1) is 6.04 Å². The number of hydrazine groups is 1. The number of nitrogens with zero attached hydrogens (tertiary/aromatic N) is 3. The molecule has 0 aliphatic rings. The second-order valence-electron chi connectivity index (χ2n) is 4.24. The van der Waals surface area contributed by atoms with Crippen molar-refractivity contribution in [1.29, 1.82) is 0 Å². The van der Waals surface area contributed by atoms with Gasteiger partial charge in [-0.25, -0.2) is 20.8 Å². The fourth-order valence-electron chi connectivity index (χ4n) is 1.83. The van der Waals surface area contributed by atoms with E-state index in [-0.39, 0.29) is 6.04 Å². The lowest BCUT2D eigenvalue weighted by molar-refractivity contribution is 0.846. The summed E-state index contributed by atoms with van der Waals surface area (Å²) in [7, 11) is 0. The van der Waals surface area contributed by atoms with Crippen LogP contribution in [0.1, 0.15) is 36.2 Å². The van der Waals surface area contributed by atoms with Crippen molar-refractivity contribution in [3.05, 3.63) is 28.0 Å². The number of nitrogens with two attached hydrogens (primary N) is 1. The van der Waals surface area contributed by atoms with Gasteiger partial charge in [-0.15, -0.1) is 11.3 Å². The number of rotatable bonds is 5. The Labute approximate surface area is 116 Å². The molecule has 102 valence electrons. The fraction of sp³-hybridized carbons (Fsp3) is 0.417. The van der Waals surface area contributed by atoms with Gasteiger partial charge in [0.2, 0.25) is 0 Å². The van der Waals surface area contributed by atoms with E-state index >= 15 is 0 Å². The highest BCUT2D eigenvalue weighted by Gasteiger charge is 2.14. The maximum absolute atomic E-state index is 5.46. The van der Waals surface area contributed by atoms with Gasteiger partial charge in [-0.1, -0.05) is 6.92 Å². The minimum atomic E-state index is 0.101. The van der Waals surface area contributed by atoms with Gasteiger partial charge in [0.1, 0.15) is 23.0 Å². The van der Waals surface area contributed by atoms with Crippen molar-refractivity contribution < 1.29 is 0 Å². The molecule has 7 heteroatoms. The molecule has 0 saturated carbocycles. The number of hydrogen-bond donors (Lipinski definition) is 3. The van der Waals surface area contributed by atoms with E-state index < -0.39 is 0 Å². The van der Waals surface area contributed by atoms with Crippen LogP contribution >= 0.6 is 11.3 Å². The number of anilines is 2. The molecule has 0 amide bonds. The zero-order valence-electron chi connectivity index (χ0n) is 11.3. The molecule has 6 nitrogen and oxygen atoms in total. The third-order valence-corrected chi connectivity index (χ3v) is 3.94. The molecule has 0 fully saturated rings. The van der Waals surface area contributed by atoms with Gasteiger partial charge < -0.3 is 10.7 Å². The minimum Gasteiger partial charge on any atom is -0.361 e. The molecule has 1 unspecified atom stereocenters. The first kappa shape index (κ1) is 13.7. The highest BCUT2D eigenvalue weighted by molar-refractivity contribution is 7.09. The van der Waals surface area contributed by atoms with Crippen LogP contribution < -0.4 is 16.6 Å². The number of nitrogen functional groups attached to an aromatic ring is 1. The largest absolute Gasteiger partial charge is 0.361 e. The number of aryl methyl sites for hydroxylation is 1. The lowest BCUT2D eigenvalue weighted by Gasteiger charge is -2.16. The van der Waals surface area contributed by atoms with Gasteiger partial charge in [-0.05, 0) is 20.3 Å². The van der Waals surface area contributed by atoms with Crippen LogP contribution in [-0.2, 0) is 6.42 Å². The van der Waals surface area contributed by atoms with Crippen LogP contribution in [0.25, 0.3) is 0 Å². The zero-order chi connectivity index (χ0) is 13.8. The highest BCUT2D eigenvalue weighted by atomic mass is 32.1. The SMILES string of the molecule is CCc1c(NN)ncnc1NC(C)c1nc(C)cs1. The Kier molecular flexibility index (Phi) is 4.28. The second kappa shape index (κ2) is 5.94. The smallest absolute Gasteiger partial charge is 0.148 e. The molecule has 0 radical (unpaired) electrons. The summed E-state index contributed by atoms with van der Waals surface area (Å²) in [6.45, 7) is 6.10. The Morgan fingerprint density at radius 2 is 2.11 bits per heavy atom. The Hall–Kier alpha value is -1.73. The van der Waals surface area contributed by atoms with Crippen molar-refractivity contribution in [1.82, 2.24) is 15.0 Å². The maximum Gasteiger partial charge on any atom is 0.148 e. The topological polar surface area (TPSA) is 88.8 Å². The first-order valence-electron chi connectivity index (χ1n) is 6.14. The molecule has 2 heterocycles. The third-order valence-electron chi connectivity index (χ3n) is 2.80. The minimum absolute atomic E-state index is 0.101. The van der Waals surface area contributed by atoms with E-state index in [1.807, 2.05) is 19.2 Å². The molecular formula is C12H18N6S. The average Bonchev–Trinajstić information content (AvgIpc) is 2.85. The van der Waals surface area contributed by atoms with E-state index in [2.05, 4.69) is 32.6 Å². The molecule has 2 aromatic heterocycles. The first-order valence-corrected chi connectivity index (χ1v) is 7.02. The standard InChI is InChI=1S/C12H18N6S/c1-4-9-10(14-6-15-11(9)18-13)17-8(3)12-16-7(2)5-19-12/h5-6,8H,4,13H2,1-3H3,(H2,14,15,17,18). The molecule has 0 aliphatic carbocycles. The van der Waals surface area contributed by atoms with Crippen molar-refractivity contribution >= 4 is 23.0 Å². The Balaban J connectivity index is 2.23. The molecule has 0 bridgehead atoms. The second-order valence-corrected chi connectivity index (χ2v) is 5.13. The lowest BCUT2D eigenvalue weighted by Crippen LogP contribution is -2.15. The van der Waals surface area contributed by atoms with E-state index in [1.54, 1.807) is 11.3 Å². The van der Waals surface area contributed by atoms with E-state index in [0.29, 0.717) is 5.82 Å². The summed E-state index contributed by atoms with van der Waals surface area (Å²) in [4.78, 5) is 12.9. The van der Waals surface area contributed by atoms with Crippen LogP contribution in [0.5, 0.6) is 0 Å². The number of nitrogens with one attached hydrogen (secondary N) is 2. The highest BCUT2D eigenvalue weighted by Crippen LogP contribution is 2.25. The molecule has 0 aromatic carbocycles. The van der Waals surface area contributed by atoms with Gasteiger partial charge in [0, 0.05) is 16.6 Å². The van der Waals surface area contributed by atoms with Crippen LogP contribution in [0.3, 0.4) is 0 Å². The number of thiazole rings is 1. The predicted octanol–water partition coefficient (Wildman–Crippen LogP) is 2.26. The van der Waals surface area contributed by atoms with Crippen molar-refractivity contribution in [3.63, 3.8) is 0 Å². The summed E-state index contributed by atoms with van der Waals surface area (Å²) in [5.74, 6) is 6.91. The third kappa shape index (κ3) is 2.99. The average molecular weight is 278 g/mol. The molecule has 19 heavy (non-hydrogen) atoms. The molecule has 0 saturated heterocycles. The van der Waals surface area contributed by atoms with Crippen LogP contribution in [0.4, 0.5) is 11.6 Å². The normalized spacial score (nSPS) is 12.2. The van der Waals surface area contributed by atoms with Gasteiger partial charge in [0.25, 0.3) is 0 Å². The van der Waals surface area contributed by atoms with E-state index in [4.69, 9.17) is 5.84 Å². The van der Waals surface area contributed by atoms with Crippen molar-refractivity contribution in [2.24, 2.45) is 5.84 Å². The molecule has 1 atom stereocenters. The fourth-order valence-corrected chi connectivity index (χ4v) is 2.64. The Morgan fingerprint density at radius 3 is 2.68 bits per heavy atom. The Bertz CT molecular complexity index is 553. The number of hydrogen-bond acceptors (Lipinski definition) is 7. The summed E-state index contributed by atoms with van der Waals surface area (Å²) in [6.07, 6.45) is 2.29. The quantitative estimate of drug-likeness (QED) is 0.574. The summed E-state index contributed by atoms with van der Waals surface area (Å²) < 4.78 is 0. The molecule has 2 aromatic rings. The van der Waals surface area contributed by atoms with Crippen LogP contribution in [0, 0.1) is 6.92 Å². The number of aromatic nitrogens is 3. The molecular weight excluding hydrogens is 260 g/mol. The predicted molar refractivity (Wildman–Crippen MR) is 78.1 cm³/mol. The van der Waals surface area contributed by atoms with Gasteiger partial charge in [-0.3, -0.25) is 0 Å². The maximum atomic E-state index is 5.46. The molecule has 0 aliphatic heterocycles. The van der Waals surface area contributed by atoms with Crippen molar-refractivity contribution in [2.45, 2.75) is 33.2 Å². The molecule has 4 N–H and O–H groups in total. The van der Waals surface area contributed by atoms with Crippen LogP contribution in [0.15, 0.2) is 11.7 Å². The van der Waals surface area contributed by atoms with E-state index in [1.165, 1.54) is 6.33 Å². The van der Waals surface area contributed by atoms with Crippen molar-refractivity contribution in [3.8, 4) is 0 Å². The summed E-state index contributed by atoms with van der Waals surface area (Å²) in [6, 6.07) is 0.101.